The molecule has 4 heteroatoms. The van der Waals surface area contributed by atoms with Crippen LogP contribution in [0.2, 0.25) is 0 Å². The van der Waals surface area contributed by atoms with Gasteiger partial charge in [-0.1, -0.05) is 30.3 Å². The van der Waals surface area contributed by atoms with Crippen LogP contribution in [0.5, 0.6) is 5.75 Å². The number of aliphatic imine (C=N–C) groups is 1. The smallest absolute Gasteiger partial charge is 0.167 e. The summed E-state index contributed by atoms with van der Waals surface area (Å²) in [5.74, 6) is -0.260. The molecule has 0 heterocycles. The van der Waals surface area contributed by atoms with Crippen molar-refractivity contribution in [2.75, 3.05) is 0 Å². The first-order valence-electron chi connectivity index (χ1n) is 6.45. The van der Waals surface area contributed by atoms with Crippen molar-refractivity contribution in [1.82, 2.24) is 0 Å². The molecular weight excluding hydrogens is 277 g/mol. The number of phenolic OH excluding ortho intramolecular Hbond substituents is 1. The van der Waals surface area contributed by atoms with Crippen molar-refractivity contribution in [3.63, 3.8) is 0 Å². The van der Waals surface area contributed by atoms with Crippen molar-refractivity contribution in [2.45, 2.75) is 26.2 Å². The van der Waals surface area contributed by atoms with Crippen LogP contribution in [0.25, 0.3) is 0 Å². The van der Waals surface area contributed by atoms with Crippen LogP contribution >= 0.6 is 11.6 Å². The van der Waals surface area contributed by atoms with Gasteiger partial charge in [0.1, 0.15) is 5.17 Å². The van der Waals surface area contributed by atoms with E-state index in [1.807, 2.05) is 0 Å². The number of rotatable bonds is 4. The van der Waals surface area contributed by atoms with Gasteiger partial charge in [0.2, 0.25) is 0 Å². The Labute approximate surface area is 123 Å². The Morgan fingerprint density at radius 3 is 2.80 bits per heavy atom. The van der Waals surface area contributed by atoms with Crippen LogP contribution in [0.4, 0.5) is 4.39 Å². The third-order valence-corrected chi connectivity index (χ3v) is 3.63. The standard InChI is InChI=1S/C16H17ClFNO/c1-4-11(8-19-10(3)17)13-7-14(13)12-5-9(2)16(18)15(20)6-12/h4-6,8,13-14,20H,1,7H2,2-3H3/b11-8+,19-10+. The van der Waals surface area contributed by atoms with E-state index in [1.165, 1.54) is 6.07 Å². The predicted molar refractivity (Wildman–Crippen MR) is 80.9 cm³/mol. The van der Waals surface area contributed by atoms with E-state index in [-0.39, 0.29) is 11.7 Å². The van der Waals surface area contributed by atoms with Gasteiger partial charge in [-0.3, -0.25) is 0 Å². The van der Waals surface area contributed by atoms with Crippen molar-refractivity contribution in [3.05, 3.63) is 53.5 Å². The number of halogens is 2. The topological polar surface area (TPSA) is 32.6 Å². The van der Waals surface area contributed by atoms with Gasteiger partial charge in [0.15, 0.2) is 11.6 Å². The molecule has 1 N–H and O–H groups in total. The maximum absolute atomic E-state index is 13.4. The second-order valence-corrected chi connectivity index (χ2v) is 5.63. The molecule has 0 spiro atoms. The number of phenols is 1. The van der Waals surface area contributed by atoms with E-state index in [4.69, 9.17) is 11.6 Å². The molecule has 1 fully saturated rings. The van der Waals surface area contributed by atoms with Crippen molar-refractivity contribution >= 4 is 16.8 Å². The number of aromatic hydroxyl groups is 1. The molecule has 0 radical (unpaired) electrons. The van der Waals surface area contributed by atoms with Crippen molar-refractivity contribution in [3.8, 4) is 5.75 Å². The molecule has 0 aromatic heterocycles. The monoisotopic (exact) mass is 293 g/mol. The van der Waals surface area contributed by atoms with Gasteiger partial charge in [-0.25, -0.2) is 9.38 Å². The molecule has 20 heavy (non-hydrogen) atoms. The molecule has 1 aromatic rings. The van der Waals surface area contributed by atoms with Gasteiger partial charge in [-0.05, 0) is 54.9 Å². The Morgan fingerprint density at radius 2 is 2.25 bits per heavy atom. The minimum Gasteiger partial charge on any atom is -0.505 e. The lowest BCUT2D eigenvalue weighted by atomic mass is 10.0. The fraction of sp³-hybridized carbons (Fsp3) is 0.312. The lowest BCUT2D eigenvalue weighted by Crippen LogP contribution is -1.91. The Bertz CT molecular complexity index is 579. The molecule has 1 aromatic carbocycles. The van der Waals surface area contributed by atoms with Gasteiger partial charge < -0.3 is 5.11 Å². The summed E-state index contributed by atoms with van der Waals surface area (Å²) in [7, 11) is 0. The average Bonchev–Trinajstić information content (AvgIpc) is 3.16. The van der Waals surface area contributed by atoms with Crippen LogP contribution in [0.3, 0.4) is 0 Å². The number of aryl methyl sites for hydroxylation is 1. The minimum absolute atomic E-state index is 0.273. The summed E-state index contributed by atoms with van der Waals surface area (Å²) in [6.45, 7) is 7.15. The quantitative estimate of drug-likeness (QED) is 0.635. The van der Waals surface area contributed by atoms with Crippen LogP contribution in [-0.4, -0.2) is 10.3 Å². The first-order valence-corrected chi connectivity index (χ1v) is 6.83. The van der Waals surface area contributed by atoms with E-state index in [0.29, 0.717) is 16.7 Å². The molecule has 1 saturated carbocycles. The molecule has 0 aliphatic heterocycles. The van der Waals surface area contributed by atoms with E-state index in [9.17, 15) is 9.50 Å². The summed E-state index contributed by atoms with van der Waals surface area (Å²) >= 11 is 5.71. The SMILES string of the molecule is C=C/C(=C\N=C(/C)Cl)C1CC1c1cc(C)c(F)c(O)c1. The largest absolute Gasteiger partial charge is 0.505 e. The summed E-state index contributed by atoms with van der Waals surface area (Å²) in [4.78, 5) is 4.07. The highest BCUT2D eigenvalue weighted by Gasteiger charge is 2.40. The van der Waals surface area contributed by atoms with Gasteiger partial charge in [0.25, 0.3) is 0 Å². The molecular formula is C16H17ClFNO. The van der Waals surface area contributed by atoms with Crippen molar-refractivity contribution in [2.24, 2.45) is 10.9 Å². The molecule has 2 rings (SSSR count). The third-order valence-electron chi connectivity index (χ3n) is 3.53. The van der Waals surface area contributed by atoms with Gasteiger partial charge in [0, 0.05) is 6.20 Å². The maximum Gasteiger partial charge on any atom is 0.167 e. The highest BCUT2D eigenvalue weighted by molar-refractivity contribution is 6.64. The number of nitrogens with zero attached hydrogens (tertiary/aromatic N) is 1. The highest BCUT2D eigenvalue weighted by atomic mass is 35.5. The highest BCUT2D eigenvalue weighted by Crippen LogP contribution is 2.52. The van der Waals surface area contributed by atoms with E-state index in [1.54, 1.807) is 32.2 Å². The van der Waals surface area contributed by atoms with Crippen LogP contribution in [0.15, 0.2) is 41.6 Å². The number of hydrogen-bond donors (Lipinski definition) is 1. The van der Waals surface area contributed by atoms with Crippen molar-refractivity contribution < 1.29 is 9.50 Å². The molecule has 0 saturated heterocycles. The van der Waals surface area contributed by atoms with Crippen molar-refractivity contribution in [1.29, 1.82) is 0 Å². The van der Waals surface area contributed by atoms with Crippen LogP contribution in [0, 0.1) is 18.7 Å². The Kier molecular flexibility index (Phi) is 4.29. The molecule has 2 nitrogen and oxygen atoms in total. The second-order valence-electron chi connectivity index (χ2n) is 5.08. The molecule has 1 aliphatic carbocycles. The van der Waals surface area contributed by atoms with Gasteiger partial charge >= 0.3 is 0 Å². The fourth-order valence-corrected chi connectivity index (χ4v) is 2.44. The lowest BCUT2D eigenvalue weighted by molar-refractivity contribution is 0.429. The minimum atomic E-state index is -0.548. The summed E-state index contributed by atoms with van der Waals surface area (Å²) in [5, 5.41) is 10.0. The Morgan fingerprint density at radius 1 is 1.55 bits per heavy atom. The average molecular weight is 294 g/mol. The van der Waals surface area contributed by atoms with Crippen LogP contribution in [0.1, 0.15) is 30.4 Å². The zero-order chi connectivity index (χ0) is 14.9. The van der Waals surface area contributed by atoms with E-state index in [2.05, 4.69) is 11.6 Å². The summed E-state index contributed by atoms with van der Waals surface area (Å²) in [6, 6.07) is 3.29. The second kappa shape index (κ2) is 5.80. The molecule has 0 amide bonds. The first kappa shape index (κ1) is 14.8. The summed E-state index contributed by atoms with van der Waals surface area (Å²) in [5.41, 5.74) is 2.42. The van der Waals surface area contributed by atoms with E-state index < -0.39 is 5.82 Å². The van der Waals surface area contributed by atoms with Crippen LogP contribution < -0.4 is 0 Å². The summed E-state index contributed by atoms with van der Waals surface area (Å²) < 4.78 is 13.4. The normalized spacial score (nSPS) is 22.8. The van der Waals surface area contributed by atoms with Gasteiger partial charge in [-0.15, -0.1) is 0 Å². The molecule has 106 valence electrons. The number of hydrogen-bond acceptors (Lipinski definition) is 2. The predicted octanol–water partition coefficient (Wildman–Crippen LogP) is 4.67. The van der Waals surface area contributed by atoms with Crippen LogP contribution in [-0.2, 0) is 0 Å². The molecule has 0 bridgehead atoms. The lowest BCUT2D eigenvalue weighted by Gasteiger charge is -2.06. The molecule has 1 aliphatic rings. The Balaban J connectivity index is 2.21. The Hall–Kier alpha value is -1.61. The zero-order valence-electron chi connectivity index (χ0n) is 11.5. The fourth-order valence-electron chi connectivity index (χ4n) is 2.39. The van der Waals surface area contributed by atoms with Gasteiger partial charge in [0.05, 0.1) is 0 Å². The number of allylic oxidation sites excluding steroid dienone is 2. The number of benzene rings is 1. The zero-order valence-corrected chi connectivity index (χ0v) is 12.3. The maximum atomic E-state index is 13.4. The van der Waals surface area contributed by atoms with Gasteiger partial charge in [-0.2, -0.15) is 0 Å². The van der Waals surface area contributed by atoms with E-state index >= 15 is 0 Å². The van der Waals surface area contributed by atoms with E-state index in [0.717, 1.165) is 17.6 Å². The molecule has 2 unspecified atom stereocenters. The summed E-state index contributed by atoms with van der Waals surface area (Å²) in [6.07, 6.45) is 4.43. The first-order chi connectivity index (χ1) is 9.43. The third kappa shape index (κ3) is 3.10. The molecule has 2 atom stereocenters.